The fourth-order valence-electron chi connectivity index (χ4n) is 7.58. The molecule has 0 bridgehead atoms. The Hall–Kier alpha value is -0.830. The van der Waals surface area contributed by atoms with Gasteiger partial charge in [-0.05, 0) is 25.8 Å². The fourth-order valence-corrected chi connectivity index (χ4v) is 7.58. The Morgan fingerprint density at radius 3 is 0.902 bits per heavy atom. The molecule has 0 aromatic rings. The van der Waals surface area contributed by atoms with Crippen molar-refractivity contribution in [3.63, 3.8) is 0 Å². The molecular weight excluding hydrogens is 625 g/mol. The maximum absolute atomic E-state index is 11.4. The lowest BCUT2D eigenvalue weighted by atomic mass is 10.0. The number of carboxylic acids is 1. The van der Waals surface area contributed by atoms with Gasteiger partial charge in [-0.2, -0.15) is 0 Å². The smallest absolute Gasteiger partial charge is 0.331 e. The van der Waals surface area contributed by atoms with Gasteiger partial charge in [-0.15, -0.1) is 0 Å². The standard InChI is InChI=1S/C48H94O3/c1-4-6-8-10-12-14-16-18-20-22-24-26-28-30-32-34-36-38-40-42-44-51-47(45-46(3)48(49)50)43-41-39-37-35-33-31-29-27-25-23-21-19-17-15-13-11-9-7-5-2/h45,47H,4-44H2,1-3H3,(H,49,50). The predicted octanol–water partition coefficient (Wildman–Crippen LogP) is 17.0. The molecular formula is C48H94O3. The van der Waals surface area contributed by atoms with E-state index in [4.69, 9.17) is 4.74 Å². The van der Waals surface area contributed by atoms with Gasteiger partial charge in [0.05, 0.1) is 6.10 Å². The van der Waals surface area contributed by atoms with Crippen LogP contribution in [0.4, 0.5) is 0 Å². The Labute approximate surface area is 321 Å². The summed E-state index contributed by atoms with van der Waals surface area (Å²) in [6, 6.07) is 0. The summed E-state index contributed by atoms with van der Waals surface area (Å²) in [5.41, 5.74) is 0.418. The van der Waals surface area contributed by atoms with Crippen LogP contribution < -0.4 is 0 Å². The van der Waals surface area contributed by atoms with Crippen molar-refractivity contribution in [1.82, 2.24) is 0 Å². The molecule has 304 valence electrons. The predicted molar refractivity (Wildman–Crippen MR) is 227 cm³/mol. The summed E-state index contributed by atoms with van der Waals surface area (Å²) < 4.78 is 6.20. The first-order chi connectivity index (χ1) is 25.1. The van der Waals surface area contributed by atoms with Gasteiger partial charge in [0.2, 0.25) is 0 Å². The van der Waals surface area contributed by atoms with Crippen LogP contribution >= 0.6 is 0 Å². The largest absolute Gasteiger partial charge is 0.478 e. The van der Waals surface area contributed by atoms with Gasteiger partial charge in [-0.3, -0.25) is 0 Å². The third kappa shape index (κ3) is 41.8. The molecule has 0 aromatic carbocycles. The minimum Gasteiger partial charge on any atom is -0.478 e. The van der Waals surface area contributed by atoms with Gasteiger partial charge in [0.25, 0.3) is 0 Å². The Kier molecular flexibility index (Phi) is 42.9. The summed E-state index contributed by atoms with van der Waals surface area (Å²) in [6.45, 7) is 7.05. The zero-order valence-electron chi connectivity index (χ0n) is 35.4. The minimum absolute atomic E-state index is 0.0489. The zero-order valence-corrected chi connectivity index (χ0v) is 35.4. The van der Waals surface area contributed by atoms with Crippen molar-refractivity contribution in [2.45, 2.75) is 284 Å². The summed E-state index contributed by atoms with van der Waals surface area (Å²) >= 11 is 0. The van der Waals surface area contributed by atoms with Crippen molar-refractivity contribution >= 4 is 5.97 Å². The molecule has 0 spiro atoms. The first-order valence-corrected chi connectivity index (χ1v) is 23.6. The second-order valence-electron chi connectivity index (χ2n) is 16.4. The van der Waals surface area contributed by atoms with Crippen LogP contribution in [-0.2, 0) is 9.53 Å². The van der Waals surface area contributed by atoms with Crippen molar-refractivity contribution in [1.29, 1.82) is 0 Å². The quantitative estimate of drug-likeness (QED) is 0.0504. The van der Waals surface area contributed by atoms with Crippen LogP contribution in [0.1, 0.15) is 278 Å². The molecule has 1 unspecified atom stereocenters. The summed E-state index contributed by atoms with van der Waals surface area (Å²) in [4.78, 5) is 11.4. The highest BCUT2D eigenvalue weighted by molar-refractivity contribution is 5.85. The molecule has 0 aliphatic heterocycles. The highest BCUT2D eigenvalue weighted by Gasteiger charge is 2.10. The van der Waals surface area contributed by atoms with Crippen LogP contribution in [0, 0.1) is 0 Å². The number of aliphatic carboxylic acids is 1. The molecule has 0 heterocycles. The molecule has 0 aliphatic rings. The van der Waals surface area contributed by atoms with Gasteiger partial charge in [-0.25, -0.2) is 4.79 Å². The lowest BCUT2D eigenvalue weighted by molar-refractivity contribution is -0.132. The van der Waals surface area contributed by atoms with E-state index in [0.29, 0.717) is 5.57 Å². The molecule has 0 amide bonds. The van der Waals surface area contributed by atoms with E-state index in [1.807, 2.05) is 6.08 Å². The summed E-state index contributed by atoms with van der Waals surface area (Å²) in [5.74, 6) is -0.824. The Bertz CT molecular complexity index is 701. The molecule has 0 rings (SSSR count). The fraction of sp³-hybridized carbons (Fsp3) is 0.938. The summed E-state index contributed by atoms with van der Waals surface area (Å²) in [6.07, 6.45) is 57.0. The molecule has 0 aliphatic carbocycles. The van der Waals surface area contributed by atoms with Crippen molar-refractivity contribution in [2.24, 2.45) is 0 Å². The van der Waals surface area contributed by atoms with Crippen molar-refractivity contribution in [3.05, 3.63) is 11.6 Å². The number of carbonyl (C=O) groups is 1. The van der Waals surface area contributed by atoms with E-state index < -0.39 is 5.97 Å². The second-order valence-corrected chi connectivity index (χ2v) is 16.4. The third-order valence-electron chi connectivity index (χ3n) is 11.2. The van der Waals surface area contributed by atoms with E-state index in [1.54, 1.807) is 6.92 Å². The maximum atomic E-state index is 11.4. The lowest BCUT2D eigenvalue weighted by Gasteiger charge is -2.15. The van der Waals surface area contributed by atoms with Crippen LogP contribution in [0.3, 0.4) is 0 Å². The molecule has 0 radical (unpaired) electrons. The van der Waals surface area contributed by atoms with E-state index in [1.165, 1.54) is 238 Å². The number of rotatable bonds is 44. The van der Waals surface area contributed by atoms with Crippen molar-refractivity contribution < 1.29 is 14.6 Å². The molecule has 3 heteroatoms. The van der Waals surface area contributed by atoms with E-state index >= 15 is 0 Å². The van der Waals surface area contributed by atoms with E-state index in [9.17, 15) is 9.90 Å². The number of hydrogen-bond donors (Lipinski definition) is 1. The van der Waals surface area contributed by atoms with Gasteiger partial charge in [0.1, 0.15) is 0 Å². The number of hydrogen-bond acceptors (Lipinski definition) is 2. The first kappa shape index (κ1) is 50.2. The SMILES string of the molecule is CCCCCCCCCCCCCCCCCCCCCCOC(C=C(C)C(=O)O)CCCCCCCCCCCCCCCCCCCCC. The van der Waals surface area contributed by atoms with Crippen LogP contribution in [-0.4, -0.2) is 23.8 Å². The maximum Gasteiger partial charge on any atom is 0.331 e. The molecule has 1 N–H and O–H groups in total. The van der Waals surface area contributed by atoms with E-state index in [-0.39, 0.29) is 6.10 Å². The molecule has 0 aromatic heterocycles. The van der Waals surface area contributed by atoms with Crippen molar-refractivity contribution in [2.75, 3.05) is 6.61 Å². The summed E-state index contributed by atoms with van der Waals surface area (Å²) in [7, 11) is 0. The molecule has 3 nitrogen and oxygen atoms in total. The Balaban J connectivity index is 3.61. The molecule has 51 heavy (non-hydrogen) atoms. The number of carboxylic acid groups (broad SMARTS) is 1. The topological polar surface area (TPSA) is 46.5 Å². The van der Waals surface area contributed by atoms with Crippen molar-refractivity contribution in [3.8, 4) is 0 Å². The van der Waals surface area contributed by atoms with Gasteiger partial charge in [0.15, 0.2) is 0 Å². The highest BCUT2D eigenvalue weighted by Crippen LogP contribution is 2.18. The number of unbranched alkanes of at least 4 members (excludes halogenated alkanes) is 37. The normalized spacial score (nSPS) is 12.6. The van der Waals surface area contributed by atoms with Gasteiger partial charge in [0, 0.05) is 12.2 Å². The molecule has 0 saturated heterocycles. The van der Waals surface area contributed by atoms with Crippen LogP contribution in [0.25, 0.3) is 0 Å². The van der Waals surface area contributed by atoms with Crippen LogP contribution in [0.5, 0.6) is 0 Å². The second kappa shape index (κ2) is 43.6. The van der Waals surface area contributed by atoms with Crippen LogP contribution in [0.2, 0.25) is 0 Å². The monoisotopic (exact) mass is 719 g/mol. The lowest BCUT2D eigenvalue weighted by Crippen LogP contribution is -2.13. The molecule has 0 fully saturated rings. The van der Waals surface area contributed by atoms with E-state index in [0.717, 1.165) is 25.9 Å². The Morgan fingerprint density at radius 2 is 0.647 bits per heavy atom. The average Bonchev–Trinajstić information content (AvgIpc) is 3.12. The number of ether oxygens (including phenoxy) is 1. The van der Waals surface area contributed by atoms with Gasteiger partial charge >= 0.3 is 5.97 Å². The Morgan fingerprint density at radius 1 is 0.412 bits per heavy atom. The van der Waals surface area contributed by atoms with Crippen LogP contribution in [0.15, 0.2) is 11.6 Å². The average molecular weight is 719 g/mol. The van der Waals surface area contributed by atoms with E-state index in [2.05, 4.69) is 13.8 Å². The first-order valence-electron chi connectivity index (χ1n) is 23.6. The minimum atomic E-state index is -0.824. The van der Waals surface area contributed by atoms with Gasteiger partial charge < -0.3 is 9.84 Å². The third-order valence-corrected chi connectivity index (χ3v) is 11.2. The molecule has 1 atom stereocenters. The highest BCUT2D eigenvalue weighted by atomic mass is 16.5. The zero-order chi connectivity index (χ0) is 37.1. The summed E-state index contributed by atoms with van der Waals surface area (Å²) in [5, 5.41) is 9.39. The van der Waals surface area contributed by atoms with Gasteiger partial charge in [-0.1, -0.05) is 258 Å². The molecule has 0 saturated carbocycles.